The number of amides is 1. The predicted molar refractivity (Wildman–Crippen MR) is 67.3 cm³/mol. The van der Waals surface area contributed by atoms with Crippen molar-refractivity contribution in [3.63, 3.8) is 0 Å². The van der Waals surface area contributed by atoms with Crippen LogP contribution in [-0.4, -0.2) is 29.3 Å². The van der Waals surface area contributed by atoms with Crippen LogP contribution in [0.4, 0.5) is 4.79 Å². The fourth-order valence-corrected chi connectivity index (χ4v) is 2.39. The lowest BCUT2D eigenvalue weighted by atomic mass is 9.76. The topological polar surface area (TPSA) is 75.6 Å². The number of nitrogens with one attached hydrogen (secondary N) is 1. The number of carbonyl (C=O) groups excluding carboxylic acids is 1. The molecule has 2 atom stereocenters. The Bertz CT molecular complexity index is 316. The van der Waals surface area contributed by atoms with Crippen LogP contribution in [0.1, 0.15) is 46.5 Å². The Morgan fingerprint density at radius 1 is 1.50 bits per heavy atom. The van der Waals surface area contributed by atoms with Gasteiger partial charge in [-0.2, -0.15) is 0 Å². The van der Waals surface area contributed by atoms with Crippen LogP contribution in [0.15, 0.2) is 0 Å². The molecule has 0 saturated heterocycles. The van der Waals surface area contributed by atoms with E-state index in [0.717, 1.165) is 12.8 Å². The first-order valence-electron chi connectivity index (χ1n) is 6.54. The van der Waals surface area contributed by atoms with Crippen LogP contribution in [0.25, 0.3) is 0 Å². The van der Waals surface area contributed by atoms with Crippen molar-refractivity contribution < 1.29 is 19.4 Å². The van der Waals surface area contributed by atoms with Crippen molar-refractivity contribution in [3.8, 4) is 0 Å². The Labute approximate surface area is 108 Å². The minimum Gasteiger partial charge on any atom is -0.480 e. The molecule has 0 aliphatic heterocycles. The number of carboxylic acids is 1. The van der Waals surface area contributed by atoms with Gasteiger partial charge in [-0.25, -0.2) is 9.59 Å². The molecule has 0 spiro atoms. The molecule has 0 aromatic heterocycles. The first-order chi connectivity index (χ1) is 8.35. The summed E-state index contributed by atoms with van der Waals surface area (Å²) in [4.78, 5) is 23.1. The van der Waals surface area contributed by atoms with Gasteiger partial charge in [0.25, 0.3) is 0 Å². The number of carboxylic acid groups (broad SMARTS) is 1. The maximum Gasteiger partial charge on any atom is 0.408 e. The van der Waals surface area contributed by atoms with Gasteiger partial charge in [0.05, 0.1) is 6.61 Å². The Morgan fingerprint density at radius 3 is 2.67 bits per heavy atom. The van der Waals surface area contributed by atoms with Crippen molar-refractivity contribution in [2.45, 2.75) is 52.0 Å². The lowest BCUT2D eigenvalue weighted by Gasteiger charge is -2.36. The SMILES string of the molecule is CC(C)COC(=O)NC1(C(=O)O)CCCC(C)C1. The van der Waals surface area contributed by atoms with E-state index >= 15 is 0 Å². The van der Waals surface area contributed by atoms with E-state index in [2.05, 4.69) is 5.32 Å². The summed E-state index contributed by atoms with van der Waals surface area (Å²) < 4.78 is 5.00. The molecule has 5 nitrogen and oxygen atoms in total. The lowest BCUT2D eigenvalue weighted by Crippen LogP contribution is -2.57. The highest BCUT2D eigenvalue weighted by Crippen LogP contribution is 2.32. The molecule has 5 heteroatoms. The molecular weight excluding hydrogens is 234 g/mol. The largest absolute Gasteiger partial charge is 0.480 e. The number of rotatable bonds is 4. The standard InChI is InChI=1S/C13H23NO4/c1-9(2)8-18-12(17)14-13(11(15)16)6-4-5-10(3)7-13/h9-10H,4-8H2,1-3H3,(H,14,17)(H,15,16). The average molecular weight is 257 g/mol. The Hall–Kier alpha value is -1.26. The maximum absolute atomic E-state index is 11.6. The van der Waals surface area contributed by atoms with E-state index in [4.69, 9.17) is 4.74 Å². The van der Waals surface area contributed by atoms with Gasteiger partial charge in [0.2, 0.25) is 0 Å². The number of hydrogen-bond acceptors (Lipinski definition) is 3. The Kier molecular flexibility index (Phi) is 4.99. The Balaban J connectivity index is 2.62. The van der Waals surface area contributed by atoms with Crippen molar-refractivity contribution in [2.24, 2.45) is 11.8 Å². The van der Waals surface area contributed by atoms with Gasteiger partial charge < -0.3 is 15.2 Å². The van der Waals surface area contributed by atoms with Crippen molar-refractivity contribution in [1.82, 2.24) is 5.32 Å². The van der Waals surface area contributed by atoms with Gasteiger partial charge in [-0.15, -0.1) is 0 Å². The van der Waals surface area contributed by atoms with Gasteiger partial charge in [-0.3, -0.25) is 0 Å². The molecular formula is C13H23NO4. The first-order valence-corrected chi connectivity index (χ1v) is 6.54. The van der Waals surface area contributed by atoms with E-state index in [1.165, 1.54) is 0 Å². The second-order valence-electron chi connectivity index (χ2n) is 5.71. The minimum atomic E-state index is -1.15. The van der Waals surface area contributed by atoms with Crippen molar-refractivity contribution in [1.29, 1.82) is 0 Å². The number of aliphatic carboxylic acids is 1. The van der Waals surface area contributed by atoms with Crippen molar-refractivity contribution >= 4 is 12.1 Å². The average Bonchev–Trinajstić information content (AvgIpc) is 2.26. The Morgan fingerprint density at radius 2 is 2.17 bits per heavy atom. The molecule has 0 aromatic carbocycles. The van der Waals surface area contributed by atoms with Crippen LogP contribution < -0.4 is 5.32 Å². The van der Waals surface area contributed by atoms with Gasteiger partial charge in [0, 0.05) is 0 Å². The molecule has 2 unspecified atom stereocenters. The summed E-state index contributed by atoms with van der Waals surface area (Å²) >= 11 is 0. The highest BCUT2D eigenvalue weighted by Gasteiger charge is 2.43. The number of alkyl carbamates (subject to hydrolysis) is 1. The van der Waals surface area contributed by atoms with Gasteiger partial charge in [-0.1, -0.05) is 33.6 Å². The monoisotopic (exact) mass is 257 g/mol. The second kappa shape index (κ2) is 6.07. The lowest BCUT2D eigenvalue weighted by molar-refractivity contribution is -0.146. The van der Waals surface area contributed by atoms with Crippen LogP contribution >= 0.6 is 0 Å². The summed E-state index contributed by atoms with van der Waals surface area (Å²) in [5.41, 5.74) is -1.15. The summed E-state index contributed by atoms with van der Waals surface area (Å²) in [6, 6.07) is 0. The molecule has 0 aromatic rings. The van der Waals surface area contributed by atoms with E-state index in [9.17, 15) is 14.7 Å². The zero-order valence-electron chi connectivity index (χ0n) is 11.4. The van der Waals surface area contributed by atoms with Crippen LogP contribution in [0.3, 0.4) is 0 Å². The molecule has 2 N–H and O–H groups in total. The summed E-state index contributed by atoms with van der Waals surface area (Å²) in [6.07, 6.45) is 2.15. The molecule has 0 radical (unpaired) electrons. The zero-order chi connectivity index (χ0) is 13.8. The number of carbonyl (C=O) groups is 2. The zero-order valence-corrected chi connectivity index (χ0v) is 11.4. The van der Waals surface area contributed by atoms with Crippen molar-refractivity contribution in [2.75, 3.05) is 6.61 Å². The summed E-state index contributed by atoms with van der Waals surface area (Å²) in [6.45, 7) is 6.18. The van der Waals surface area contributed by atoms with Gasteiger partial charge >= 0.3 is 12.1 Å². The fourth-order valence-electron chi connectivity index (χ4n) is 2.39. The van der Waals surface area contributed by atoms with Crippen LogP contribution in [-0.2, 0) is 9.53 Å². The van der Waals surface area contributed by atoms with Gasteiger partial charge in [0.15, 0.2) is 0 Å². The summed E-state index contributed by atoms with van der Waals surface area (Å²) in [5, 5.41) is 11.9. The number of ether oxygens (including phenoxy) is 1. The van der Waals surface area contributed by atoms with E-state index in [1.54, 1.807) is 0 Å². The molecule has 1 aliphatic rings. The smallest absolute Gasteiger partial charge is 0.408 e. The third-order valence-corrected chi connectivity index (χ3v) is 3.30. The third-order valence-electron chi connectivity index (χ3n) is 3.30. The van der Waals surface area contributed by atoms with E-state index in [-0.39, 0.29) is 5.92 Å². The van der Waals surface area contributed by atoms with Crippen LogP contribution in [0.5, 0.6) is 0 Å². The first kappa shape index (κ1) is 14.8. The molecule has 0 heterocycles. The van der Waals surface area contributed by atoms with Crippen molar-refractivity contribution in [3.05, 3.63) is 0 Å². The molecule has 1 rings (SSSR count). The summed E-state index contributed by atoms with van der Waals surface area (Å²) in [5.74, 6) is -0.419. The highest BCUT2D eigenvalue weighted by atomic mass is 16.5. The normalized spacial score (nSPS) is 27.9. The van der Waals surface area contributed by atoms with Crippen LogP contribution in [0, 0.1) is 11.8 Å². The predicted octanol–water partition coefficient (Wildman–Crippen LogP) is 2.40. The molecule has 104 valence electrons. The third kappa shape index (κ3) is 3.89. The van der Waals surface area contributed by atoms with E-state index in [1.807, 2.05) is 20.8 Å². The molecule has 0 bridgehead atoms. The van der Waals surface area contributed by atoms with E-state index in [0.29, 0.717) is 25.4 Å². The quantitative estimate of drug-likeness (QED) is 0.811. The molecule has 1 fully saturated rings. The molecule has 1 aliphatic carbocycles. The summed E-state index contributed by atoms with van der Waals surface area (Å²) in [7, 11) is 0. The maximum atomic E-state index is 11.6. The second-order valence-corrected chi connectivity index (χ2v) is 5.71. The van der Waals surface area contributed by atoms with Crippen LogP contribution in [0.2, 0.25) is 0 Å². The molecule has 1 saturated carbocycles. The van der Waals surface area contributed by atoms with E-state index < -0.39 is 17.6 Å². The molecule has 18 heavy (non-hydrogen) atoms. The van der Waals surface area contributed by atoms with Gasteiger partial charge in [-0.05, 0) is 24.7 Å². The van der Waals surface area contributed by atoms with Gasteiger partial charge in [0.1, 0.15) is 5.54 Å². The molecule has 1 amide bonds. The highest BCUT2D eigenvalue weighted by molar-refractivity contribution is 5.84. The number of hydrogen-bond donors (Lipinski definition) is 2. The fraction of sp³-hybridized carbons (Fsp3) is 0.846. The minimum absolute atomic E-state index is 0.238.